The molecule has 1 N–H and O–H groups in total. The zero-order valence-corrected chi connectivity index (χ0v) is 13.8. The van der Waals surface area contributed by atoms with Crippen LogP contribution in [0.15, 0.2) is 22.7 Å². The third-order valence-electron chi connectivity index (χ3n) is 3.64. The molecular formula is C16H25BrN2. The predicted octanol–water partition coefficient (Wildman–Crippen LogP) is 4.18. The molecule has 1 aromatic rings. The first-order valence-electron chi connectivity index (χ1n) is 7.37. The van der Waals surface area contributed by atoms with Crippen LogP contribution >= 0.6 is 15.9 Å². The molecule has 19 heavy (non-hydrogen) atoms. The number of anilines is 1. The molecule has 0 aromatic heterocycles. The molecule has 2 nitrogen and oxygen atoms in total. The molecule has 3 heteroatoms. The standard InChI is InChI=1S/C16H25BrN2/c1-4-19(11-13-5-6-13)16-8-7-15(17)9-14(16)10-18-12(2)3/h7-9,12-13,18H,4-6,10-11H2,1-3H3. The number of halogens is 1. The highest BCUT2D eigenvalue weighted by Gasteiger charge is 2.24. The van der Waals surface area contributed by atoms with Gasteiger partial charge in [0.05, 0.1) is 0 Å². The zero-order valence-electron chi connectivity index (χ0n) is 12.2. The molecule has 0 amide bonds. The third-order valence-corrected chi connectivity index (χ3v) is 4.13. The summed E-state index contributed by atoms with van der Waals surface area (Å²) >= 11 is 3.59. The van der Waals surface area contributed by atoms with Crippen LogP contribution in [0.25, 0.3) is 0 Å². The summed E-state index contributed by atoms with van der Waals surface area (Å²) in [5.74, 6) is 0.925. The minimum Gasteiger partial charge on any atom is -0.371 e. The van der Waals surface area contributed by atoms with Crippen LogP contribution in [0.2, 0.25) is 0 Å². The van der Waals surface area contributed by atoms with Crippen molar-refractivity contribution in [3.63, 3.8) is 0 Å². The van der Waals surface area contributed by atoms with E-state index in [1.807, 2.05) is 0 Å². The summed E-state index contributed by atoms with van der Waals surface area (Å²) in [6.45, 7) is 9.89. The molecule has 1 fully saturated rings. The smallest absolute Gasteiger partial charge is 0.0412 e. The molecule has 1 aliphatic rings. The van der Waals surface area contributed by atoms with Crippen molar-refractivity contribution in [1.29, 1.82) is 0 Å². The van der Waals surface area contributed by atoms with E-state index in [-0.39, 0.29) is 0 Å². The van der Waals surface area contributed by atoms with Gasteiger partial charge in [-0.3, -0.25) is 0 Å². The van der Waals surface area contributed by atoms with E-state index in [1.165, 1.54) is 35.1 Å². The van der Waals surface area contributed by atoms with Crippen LogP contribution in [0.3, 0.4) is 0 Å². The van der Waals surface area contributed by atoms with Crippen LogP contribution in [-0.2, 0) is 6.54 Å². The number of hydrogen-bond donors (Lipinski definition) is 1. The Morgan fingerprint density at radius 1 is 1.37 bits per heavy atom. The van der Waals surface area contributed by atoms with Crippen LogP contribution in [0.5, 0.6) is 0 Å². The molecule has 0 aliphatic heterocycles. The molecular weight excluding hydrogens is 300 g/mol. The molecule has 0 radical (unpaired) electrons. The van der Waals surface area contributed by atoms with E-state index < -0.39 is 0 Å². The van der Waals surface area contributed by atoms with Gasteiger partial charge in [-0.15, -0.1) is 0 Å². The largest absolute Gasteiger partial charge is 0.371 e. The average Bonchev–Trinajstić information content (AvgIpc) is 3.18. The second kappa shape index (κ2) is 6.76. The first kappa shape index (κ1) is 14.9. The molecule has 0 atom stereocenters. The normalized spacial score (nSPS) is 15.0. The van der Waals surface area contributed by atoms with Crippen molar-refractivity contribution in [2.45, 2.75) is 46.2 Å². The Hall–Kier alpha value is -0.540. The van der Waals surface area contributed by atoms with E-state index in [0.717, 1.165) is 19.0 Å². The second-order valence-corrected chi connectivity index (χ2v) is 6.71. The van der Waals surface area contributed by atoms with Crippen molar-refractivity contribution < 1.29 is 0 Å². The van der Waals surface area contributed by atoms with Crippen molar-refractivity contribution in [3.8, 4) is 0 Å². The van der Waals surface area contributed by atoms with Crippen molar-refractivity contribution in [2.24, 2.45) is 5.92 Å². The molecule has 0 bridgehead atoms. The number of nitrogens with one attached hydrogen (secondary N) is 1. The molecule has 2 rings (SSSR count). The molecule has 0 heterocycles. The lowest BCUT2D eigenvalue weighted by molar-refractivity contribution is 0.587. The Bertz CT molecular complexity index is 413. The molecule has 1 aliphatic carbocycles. The van der Waals surface area contributed by atoms with E-state index in [9.17, 15) is 0 Å². The summed E-state index contributed by atoms with van der Waals surface area (Å²) < 4.78 is 1.17. The average molecular weight is 325 g/mol. The van der Waals surface area contributed by atoms with E-state index in [4.69, 9.17) is 0 Å². The van der Waals surface area contributed by atoms with E-state index in [1.54, 1.807) is 0 Å². The molecule has 0 saturated heterocycles. The number of nitrogens with zero attached hydrogens (tertiary/aromatic N) is 1. The van der Waals surface area contributed by atoms with Gasteiger partial charge in [0.2, 0.25) is 0 Å². The first-order chi connectivity index (χ1) is 9.10. The minimum absolute atomic E-state index is 0.519. The monoisotopic (exact) mass is 324 g/mol. The Morgan fingerprint density at radius 3 is 2.68 bits per heavy atom. The van der Waals surface area contributed by atoms with Gasteiger partial charge in [-0.05, 0) is 49.4 Å². The summed E-state index contributed by atoms with van der Waals surface area (Å²) in [5, 5.41) is 3.53. The Labute approximate surface area is 125 Å². The summed E-state index contributed by atoms with van der Waals surface area (Å²) in [4.78, 5) is 2.53. The van der Waals surface area contributed by atoms with Gasteiger partial charge in [0.15, 0.2) is 0 Å². The molecule has 1 saturated carbocycles. The fraction of sp³-hybridized carbons (Fsp3) is 0.625. The highest BCUT2D eigenvalue weighted by molar-refractivity contribution is 9.10. The van der Waals surface area contributed by atoms with Crippen LogP contribution in [-0.4, -0.2) is 19.1 Å². The lowest BCUT2D eigenvalue weighted by Gasteiger charge is -2.26. The molecule has 106 valence electrons. The van der Waals surface area contributed by atoms with Gasteiger partial charge >= 0.3 is 0 Å². The van der Waals surface area contributed by atoms with Gasteiger partial charge in [0, 0.05) is 35.8 Å². The Balaban J connectivity index is 2.15. The maximum absolute atomic E-state index is 3.59. The summed E-state index contributed by atoms with van der Waals surface area (Å²) in [6.07, 6.45) is 2.82. The summed E-state index contributed by atoms with van der Waals surface area (Å²) in [5.41, 5.74) is 2.79. The van der Waals surface area contributed by atoms with Gasteiger partial charge in [0.25, 0.3) is 0 Å². The SMILES string of the molecule is CCN(CC1CC1)c1ccc(Br)cc1CNC(C)C. The molecule has 0 spiro atoms. The topological polar surface area (TPSA) is 15.3 Å². The number of benzene rings is 1. The zero-order chi connectivity index (χ0) is 13.8. The van der Waals surface area contributed by atoms with E-state index in [0.29, 0.717) is 6.04 Å². The van der Waals surface area contributed by atoms with Gasteiger partial charge in [0.1, 0.15) is 0 Å². The fourth-order valence-electron chi connectivity index (χ4n) is 2.33. The summed E-state index contributed by atoms with van der Waals surface area (Å²) in [6, 6.07) is 7.18. The van der Waals surface area contributed by atoms with Crippen LogP contribution < -0.4 is 10.2 Å². The van der Waals surface area contributed by atoms with Crippen molar-refractivity contribution in [1.82, 2.24) is 5.32 Å². The molecule has 0 unspecified atom stereocenters. The van der Waals surface area contributed by atoms with Crippen LogP contribution in [0.4, 0.5) is 5.69 Å². The highest BCUT2D eigenvalue weighted by atomic mass is 79.9. The highest BCUT2D eigenvalue weighted by Crippen LogP contribution is 2.33. The van der Waals surface area contributed by atoms with Crippen LogP contribution in [0.1, 0.15) is 39.2 Å². The number of hydrogen-bond acceptors (Lipinski definition) is 2. The number of rotatable bonds is 7. The lowest BCUT2D eigenvalue weighted by Crippen LogP contribution is -2.28. The predicted molar refractivity (Wildman–Crippen MR) is 86.7 cm³/mol. The van der Waals surface area contributed by atoms with Crippen molar-refractivity contribution in [3.05, 3.63) is 28.2 Å². The first-order valence-corrected chi connectivity index (χ1v) is 8.16. The van der Waals surface area contributed by atoms with E-state index in [2.05, 4.69) is 65.1 Å². The Morgan fingerprint density at radius 2 is 2.11 bits per heavy atom. The van der Waals surface area contributed by atoms with Gasteiger partial charge < -0.3 is 10.2 Å². The lowest BCUT2D eigenvalue weighted by atomic mass is 10.1. The quantitative estimate of drug-likeness (QED) is 0.809. The van der Waals surface area contributed by atoms with E-state index >= 15 is 0 Å². The maximum Gasteiger partial charge on any atom is 0.0412 e. The maximum atomic E-state index is 3.59. The molecule has 1 aromatic carbocycles. The minimum atomic E-state index is 0.519. The fourth-order valence-corrected chi connectivity index (χ4v) is 2.74. The Kier molecular flexibility index (Phi) is 5.28. The van der Waals surface area contributed by atoms with Gasteiger partial charge in [-0.1, -0.05) is 29.8 Å². The third kappa shape index (κ3) is 4.50. The van der Waals surface area contributed by atoms with Crippen LogP contribution in [0, 0.1) is 5.92 Å². The summed E-state index contributed by atoms with van der Waals surface area (Å²) in [7, 11) is 0. The van der Waals surface area contributed by atoms with Crippen molar-refractivity contribution >= 4 is 21.6 Å². The van der Waals surface area contributed by atoms with Gasteiger partial charge in [-0.2, -0.15) is 0 Å². The van der Waals surface area contributed by atoms with Gasteiger partial charge in [-0.25, -0.2) is 0 Å². The van der Waals surface area contributed by atoms with Crippen molar-refractivity contribution in [2.75, 3.05) is 18.0 Å². The second-order valence-electron chi connectivity index (χ2n) is 5.79.